The molecular weight excluding hydrogens is 354 g/mol. The average Bonchev–Trinajstić information content (AvgIpc) is 3.00. The normalized spacial score (nSPS) is 11.2. The van der Waals surface area contributed by atoms with Crippen molar-refractivity contribution >= 4 is 27.3 Å². The van der Waals surface area contributed by atoms with E-state index in [1.54, 1.807) is 42.6 Å². The minimum atomic E-state index is -3.30. The van der Waals surface area contributed by atoms with Crippen LogP contribution in [0, 0.1) is 11.3 Å². The summed E-state index contributed by atoms with van der Waals surface area (Å²) in [5, 5.41) is 15.2. The van der Waals surface area contributed by atoms with Gasteiger partial charge in [-0.05, 0) is 29.8 Å². The van der Waals surface area contributed by atoms with Crippen LogP contribution in [0.2, 0.25) is 0 Å². The molecule has 2 heterocycles. The molecule has 1 N–H and O–H groups in total. The number of hydrogen-bond acceptors (Lipinski definition) is 6. The maximum absolute atomic E-state index is 11.7. The number of fused-ring (bicyclic) bond motifs is 1. The first-order chi connectivity index (χ1) is 12.4. The van der Waals surface area contributed by atoms with Gasteiger partial charge in [-0.2, -0.15) is 10.2 Å². The first kappa shape index (κ1) is 17.6. The Labute approximate surface area is 150 Å². The minimum absolute atomic E-state index is 0.0790. The van der Waals surface area contributed by atoms with Crippen LogP contribution < -0.4 is 5.32 Å². The first-order valence-electron chi connectivity index (χ1n) is 7.70. The highest BCUT2D eigenvalue weighted by Crippen LogP contribution is 2.23. The first-order valence-corrected chi connectivity index (χ1v) is 9.60. The van der Waals surface area contributed by atoms with Crippen LogP contribution in [0.3, 0.4) is 0 Å². The number of nitrogens with one attached hydrogen (secondary N) is 1. The fourth-order valence-electron chi connectivity index (χ4n) is 2.37. The summed E-state index contributed by atoms with van der Waals surface area (Å²) in [7, 11) is -3.30. The van der Waals surface area contributed by atoms with Crippen molar-refractivity contribution in [1.82, 2.24) is 14.6 Å². The third-order valence-electron chi connectivity index (χ3n) is 3.64. The zero-order chi connectivity index (χ0) is 18.7. The molecule has 0 aliphatic rings. The number of hydrogen-bond donors (Lipinski definition) is 1. The van der Waals surface area contributed by atoms with E-state index >= 15 is 0 Å². The Balaban J connectivity index is 1.90. The van der Waals surface area contributed by atoms with Crippen molar-refractivity contribution in [1.29, 1.82) is 5.26 Å². The van der Waals surface area contributed by atoms with E-state index in [9.17, 15) is 13.2 Å². The minimum Gasteiger partial charge on any atom is -0.293 e. The zero-order valence-corrected chi connectivity index (χ0v) is 14.7. The van der Waals surface area contributed by atoms with Crippen molar-refractivity contribution in [3.63, 3.8) is 0 Å². The molecule has 0 aliphatic heterocycles. The van der Waals surface area contributed by atoms with Crippen LogP contribution in [0.1, 0.15) is 12.8 Å². The number of benzene rings is 1. The summed E-state index contributed by atoms with van der Waals surface area (Å²) in [6.45, 7) is 0. The highest BCUT2D eigenvalue weighted by atomic mass is 32.2. The zero-order valence-electron chi connectivity index (χ0n) is 13.9. The van der Waals surface area contributed by atoms with Gasteiger partial charge in [0.15, 0.2) is 15.5 Å². The number of sulfone groups is 1. The Bertz CT molecular complexity index is 1130. The van der Waals surface area contributed by atoms with E-state index in [2.05, 4.69) is 15.4 Å². The molecule has 1 amide bonds. The Morgan fingerprint density at radius 1 is 1.27 bits per heavy atom. The predicted octanol–water partition coefficient (Wildman–Crippen LogP) is 2.04. The summed E-state index contributed by atoms with van der Waals surface area (Å²) in [6, 6.07) is 12.0. The Kier molecular flexibility index (Phi) is 4.69. The summed E-state index contributed by atoms with van der Waals surface area (Å²) < 4.78 is 24.9. The smallest absolute Gasteiger partial charge is 0.249 e. The van der Waals surface area contributed by atoms with Gasteiger partial charge < -0.3 is 0 Å². The molecule has 3 aromatic rings. The van der Waals surface area contributed by atoms with Gasteiger partial charge in [-0.1, -0.05) is 12.1 Å². The van der Waals surface area contributed by atoms with Crippen molar-refractivity contribution in [2.75, 3.05) is 11.6 Å². The van der Waals surface area contributed by atoms with Crippen LogP contribution in [0.15, 0.2) is 47.5 Å². The molecule has 2 aromatic heterocycles. The van der Waals surface area contributed by atoms with Crippen LogP contribution >= 0.6 is 0 Å². The lowest BCUT2D eigenvalue weighted by Crippen LogP contribution is -2.12. The van der Waals surface area contributed by atoms with Gasteiger partial charge in [0.1, 0.15) is 0 Å². The molecular formula is C17H15N5O3S. The van der Waals surface area contributed by atoms with Crippen LogP contribution in [0.5, 0.6) is 0 Å². The summed E-state index contributed by atoms with van der Waals surface area (Å²) in [5.74, 6) is -0.182. The van der Waals surface area contributed by atoms with Gasteiger partial charge in [0.05, 0.1) is 11.0 Å². The van der Waals surface area contributed by atoms with Crippen LogP contribution in [0.4, 0.5) is 5.95 Å². The van der Waals surface area contributed by atoms with Gasteiger partial charge in [-0.25, -0.2) is 12.9 Å². The molecule has 132 valence electrons. The van der Waals surface area contributed by atoms with Crippen molar-refractivity contribution in [2.45, 2.75) is 17.7 Å². The van der Waals surface area contributed by atoms with Gasteiger partial charge in [0.25, 0.3) is 0 Å². The maximum Gasteiger partial charge on any atom is 0.249 e. The topological polar surface area (TPSA) is 117 Å². The van der Waals surface area contributed by atoms with Gasteiger partial charge >= 0.3 is 0 Å². The predicted molar refractivity (Wildman–Crippen MR) is 95.0 cm³/mol. The van der Waals surface area contributed by atoms with Gasteiger partial charge in [-0.3, -0.25) is 10.1 Å². The monoisotopic (exact) mass is 369 g/mol. The van der Waals surface area contributed by atoms with E-state index in [1.165, 1.54) is 4.52 Å². The van der Waals surface area contributed by atoms with Gasteiger partial charge in [-0.15, -0.1) is 5.10 Å². The summed E-state index contributed by atoms with van der Waals surface area (Å²) in [5.41, 5.74) is 2.02. The number of nitrogens with zero attached hydrogens (tertiary/aromatic N) is 4. The van der Waals surface area contributed by atoms with E-state index in [-0.39, 0.29) is 29.6 Å². The summed E-state index contributed by atoms with van der Waals surface area (Å²) in [6.07, 6.45) is 3.07. The molecule has 3 rings (SSSR count). The molecule has 0 saturated carbocycles. The fourth-order valence-corrected chi connectivity index (χ4v) is 3.04. The van der Waals surface area contributed by atoms with Gasteiger partial charge in [0.2, 0.25) is 11.9 Å². The molecule has 8 nitrogen and oxygen atoms in total. The van der Waals surface area contributed by atoms with Crippen molar-refractivity contribution in [3.8, 4) is 17.2 Å². The van der Waals surface area contributed by atoms with E-state index in [1.807, 2.05) is 6.07 Å². The number of carbonyl (C=O) groups is 1. The van der Waals surface area contributed by atoms with Crippen LogP contribution in [-0.2, 0) is 14.6 Å². The number of anilines is 1. The largest absolute Gasteiger partial charge is 0.293 e. The van der Waals surface area contributed by atoms with E-state index in [0.29, 0.717) is 5.65 Å². The third-order valence-corrected chi connectivity index (χ3v) is 4.75. The molecule has 0 fully saturated rings. The van der Waals surface area contributed by atoms with Gasteiger partial charge in [0, 0.05) is 30.9 Å². The van der Waals surface area contributed by atoms with Crippen molar-refractivity contribution < 1.29 is 13.2 Å². The van der Waals surface area contributed by atoms with Crippen LogP contribution in [-0.4, -0.2) is 35.2 Å². The molecule has 0 aliphatic carbocycles. The molecule has 0 unspecified atom stereocenters. The number of nitriles is 1. The summed E-state index contributed by atoms with van der Waals surface area (Å²) >= 11 is 0. The lowest BCUT2D eigenvalue weighted by molar-refractivity contribution is -0.116. The number of amides is 1. The standard InChI is InChI=1S/C17H15N5O3S/c1-26(24,25)14-5-2-4-12(10-14)13-7-8-15-19-17(21-22(15)11-13)20-16(23)6-3-9-18/h2,4-5,7-8,10-11H,3,6H2,1H3,(H,20,21,23). The number of aromatic nitrogens is 3. The van der Waals surface area contributed by atoms with E-state index < -0.39 is 9.84 Å². The molecule has 0 radical (unpaired) electrons. The SMILES string of the molecule is CS(=O)(=O)c1cccc(-c2ccc3nc(NC(=O)CCC#N)nn3c2)c1. The molecule has 9 heteroatoms. The number of carbonyl (C=O) groups excluding carboxylic acids is 1. The fraction of sp³-hybridized carbons (Fsp3) is 0.176. The maximum atomic E-state index is 11.7. The molecule has 0 spiro atoms. The molecule has 0 saturated heterocycles. The molecule has 0 atom stereocenters. The van der Waals surface area contributed by atoms with E-state index in [4.69, 9.17) is 5.26 Å². The Morgan fingerprint density at radius 2 is 2.08 bits per heavy atom. The molecule has 0 bridgehead atoms. The summed E-state index contributed by atoms with van der Waals surface area (Å²) in [4.78, 5) is 16.1. The van der Waals surface area contributed by atoms with Crippen molar-refractivity contribution in [3.05, 3.63) is 42.6 Å². The highest BCUT2D eigenvalue weighted by Gasteiger charge is 2.11. The quantitative estimate of drug-likeness (QED) is 0.735. The Morgan fingerprint density at radius 3 is 2.81 bits per heavy atom. The molecule has 1 aromatic carbocycles. The number of pyridine rings is 1. The van der Waals surface area contributed by atoms with Crippen molar-refractivity contribution in [2.24, 2.45) is 0 Å². The second kappa shape index (κ2) is 6.93. The Hall–Kier alpha value is -3.25. The second-order valence-electron chi connectivity index (χ2n) is 5.66. The van der Waals surface area contributed by atoms with Crippen LogP contribution in [0.25, 0.3) is 16.8 Å². The number of rotatable bonds is 5. The highest BCUT2D eigenvalue weighted by molar-refractivity contribution is 7.90. The molecule has 26 heavy (non-hydrogen) atoms. The lowest BCUT2D eigenvalue weighted by atomic mass is 10.1. The average molecular weight is 369 g/mol. The third kappa shape index (κ3) is 3.87. The lowest BCUT2D eigenvalue weighted by Gasteiger charge is -2.04. The second-order valence-corrected chi connectivity index (χ2v) is 7.68. The van der Waals surface area contributed by atoms with E-state index in [0.717, 1.165) is 17.4 Å².